The lowest BCUT2D eigenvalue weighted by molar-refractivity contribution is -0.138. The third-order valence-corrected chi connectivity index (χ3v) is 6.19. The van der Waals surface area contributed by atoms with Crippen LogP contribution in [0.5, 0.6) is 0 Å². The number of halogens is 4. The monoisotopic (exact) mass is 605 g/mol. The number of hydrogen-bond donors (Lipinski definition) is 5. The first-order chi connectivity index (χ1) is 20.3. The minimum atomic E-state index is -4.58. The van der Waals surface area contributed by atoms with Crippen LogP contribution >= 0.6 is 0 Å². The fourth-order valence-electron chi connectivity index (χ4n) is 4.31. The maximum absolute atomic E-state index is 14.1. The number of alkyl halides is 3. The number of nitrogens with zero attached hydrogens (tertiary/aromatic N) is 4. The van der Waals surface area contributed by atoms with E-state index in [-0.39, 0.29) is 18.2 Å². The molecule has 1 saturated heterocycles. The summed E-state index contributed by atoms with van der Waals surface area (Å²) in [6.07, 6.45) is -1.27. The smallest absolute Gasteiger partial charge is 0.416 e. The molecule has 2 aromatic heterocycles. The molecule has 5 rings (SSSR count). The number of carboxylic acids is 2. The zero-order valence-electron chi connectivity index (χ0n) is 23.3. The first-order valence-corrected chi connectivity index (χ1v) is 13.1. The van der Waals surface area contributed by atoms with E-state index in [0.717, 1.165) is 57.5 Å². The van der Waals surface area contributed by atoms with Crippen molar-refractivity contribution in [3.8, 4) is 11.3 Å². The Balaban J connectivity index is 0.000000566. The maximum atomic E-state index is 14.1. The lowest BCUT2D eigenvalue weighted by atomic mass is 10.1. The van der Waals surface area contributed by atoms with Crippen molar-refractivity contribution >= 4 is 34.5 Å². The second-order valence-electron chi connectivity index (χ2n) is 9.50. The minimum Gasteiger partial charge on any atom is -0.481 e. The highest BCUT2D eigenvalue weighted by Crippen LogP contribution is 2.34. The minimum absolute atomic E-state index is 0.0391. The van der Waals surface area contributed by atoms with Gasteiger partial charge in [-0.05, 0) is 50.2 Å². The predicted molar refractivity (Wildman–Crippen MR) is 152 cm³/mol. The van der Waals surface area contributed by atoms with Crippen LogP contribution in [0.3, 0.4) is 0 Å². The molecule has 6 N–H and O–H groups in total. The summed E-state index contributed by atoms with van der Waals surface area (Å²) in [7, 11) is 0. The predicted octanol–water partition coefficient (Wildman–Crippen LogP) is 4.95. The molecule has 0 atom stereocenters. The summed E-state index contributed by atoms with van der Waals surface area (Å²) in [5.74, 6) is -2.22. The second-order valence-corrected chi connectivity index (χ2v) is 9.50. The highest BCUT2D eigenvalue weighted by Gasteiger charge is 2.31. The van der Waals surface area contributed by atoms with Gasteiger partial charge in [-0.2, -0.15) is 18.3 Å². The summed E-state index contributed by atoms with van der Waals surface area (Å²) in [4.78, 5) is 26.6. The molecule has 1 aliphatic rings. The van der Waals surface area contributed by atoms with Crippen molar-refractivity contribution in [3.05, 3.63) is 65.7 Å². The van der Waals surface area contributed by atoms with Gasteiger partial charge < -0.3 is 26.6 Å². The van der Waals surface area contributed by atoms with Crippen LogP contribution in [0.2, 0.25) is 0 Å². The van der Waals surface area contributed by atoms with Gasteiger partial charge in [0.05, 0.1) is 17.0 Å². The molecule has 0 bridgehead atoms. The van der Waals surface area contributed by atoms with Crippen molar-refractivity contribution in [2.45, 2.75) is 45.5 Å². The Hall–Kier alpha value is -4.79. The highest BCUT2D eigenvalue weighted by molar-refractivity contribution is 5.98. The molecule has 2 aromatic carbocycles. The molecule has 4 aromatic rings. The molecule has 43 heavy (non-hydrogen) atoms. The number of nitrogens with two attached hydrogens (primary N) is 1. The summed E-state index contributed by atoms with van der Waals surface area (Å²) >= 11 is 0. The van der Waals surface area contributed by atoms with Gasteiger partial charge in [-0.1, -0.05) is 18.2 Å². The third-order valence-electron chi connectivity index (χ3n) is 6.19. The second kappa shape index (κ2) is 14.4. The molecule has 1 aliphatic heterocycles. The molecular weight excluding hydrogens is 574 g/mol. The summed E-state index contributed by atoms with van der Waals surface area (Å²) in [5.41, 5.74) is 8.19. The summed E-state index contributed by atoms with van der Waals surface area (Å²) in [5, 5.41) is 26.8. The van der Waals surface area contributed by atoms with Crippen LogP contribution in [0, 0.1) is 5.82 Å². The molecule has 0 spiro atoms. The molecule has 3 heterocycles. The molecule has 0 saturated carbocycles. The van der Waals surface area contributed by atoms with E-state index in [1.807, 2.05) is 16.8 Å². The molecule has 11 nitrogen and oxygen atoms in total. The Morgan fingerprint density at radius 1 is 1.05 bits per heavy atom. The normalized spacial score (nSPS) is 13.3. The average molecular weight is 606 g/mol. The van der Waals surface area contributed by atoms with E-state index < -0.39 is 29.5 Å². The molecular formula is C28H31F4N7O4. The van der Waals surface area contributed by atoms with Gasteiger partial charge in [0.25, 0.3) is 11.9 Å². The number of aliphatic carboxylic acids is 2. The standard InChI is InChI=1S/C24H23F4N7.2C2H4O2/c25-19-11-16(24(26,27)28)4-1-15(19)12-31-17-5-2-14(3-6-17)21-20-22(29)32-13-33-23(20)35(34-21)18-7-9-30-10-8-18;2*1-2(3)4/h1-6,11,13,18,30-31H,7-10,12H2,(H2,29,32,33);2*1H3,(H,3,4). The molecule has 0 aliphatic carbocycles. The van der Waals surface area contributed by atoms with Crippen molar-refractivity contribution in [1.29, 1.82) is 0 Å². The average Bonchev–Trinajstić information content (AvgIpc) is 3.33. The Kier molecular flexibility index (Phi) is 11.0. The van der Waals surface area contributed by atoms with E-state index in [2.05, 4.69) is 20.6 Å². The number of hydrogen-bond acceptors (Lipinski definition) is 8. The largest absolute Gasteiger partial charge is 0.481 e. The first kappa shape index (κ1) is 32.7. The highest BCUT2D eigenvalue weighted by atomic mass is 19.4. The molecule has 0 amide bonds. The van der Waals surface area contributed by atoms with Crippen LogP contribution in [0.1, 0.15) is 43.9 Å². The number of fused-ring (bicyclic) bond motifs is 1. The van der Waals surface area contributed by atoms with Gasteiger partial charge in [0.1, 0.15) is 23.7 Å². The zero-order valence-corrected chi connectivity index (χ0v) is 23.3. The van der Waals surface area contributed by atoms with E-state index in [1.165, 1.54) is 6.33 Å². The van der Waals surface area contributed by atoms with Gasteiger partial charge in [0.2, 0.25) is 0 Å². The number of nitrogen functional groups attached to an aromatic ring is 1. The lowest BCUT2D eigenvalue weighted by Crippen LogP contribution is -2.30. The van der Waals surface area contributed by atoms with E-state index in [9.17, 15) is 17.6 Å². The molecule has 0 unspecified atom stereocenters. The summed E-state index contributed by atoms with van der Waals surface area (Å²) in [6.45, 7) is 4.01. The van der Waals surface area contributed by atoms with Crippen LogP contribution < -0.4 is 16.4 Å². The van der Waals surface area contributed by atoms with E-state index in [1.54, 1.807) is 12.1 Å². The third kappa shape index (κ3) is 9.10. The Morgan fingerprint density at radius 2 is 1.65 bits per heavy atom. The number of anilines is 2. The van der Waals surface area contributed by atoms with Crippen LogP contribution in [-0.2, 0) is 22.3 Å². The van der Waals surface area contributed by atoms with Crippen molar-refractivity contribution in [2.24, 2.45) is 0 Å². The van der Waals surface area contributed by atoms with E-state index in [4.69, 9.17) is 30.6 Å². The Bertz CT molecular complexity index is 1530. The first-order valence-electron chi connectivity index (χ1n) is 13.1. The number of carbonyl (C=O) groups is 2. The number of benzene rings is 2. The Labute approximate surface area is 243 Å². The van der Waals surface area contributed by atoms with Gasteiger partial charge in [-0.25, -0.2) is 19.0 Å². The van der Waals surface area contributed by atoms with E-state index in [0.29, 0.717) is 34.3 Å². The molecule has 0 radical (unpaired) electrons. The molecule has 1 fully saturated rings. The lowest BCUT2D eigenvalue weighted by Gasteiger charge is -2.23. The van der Waals surface area contributed by atoms with Gasteiger partial charge in [-0.15, -0.1) is 0 Å². The topological polar surface area (TPSA) is 168 Å². The number of piperidine rings is 1. The van der Waals surface area contributed by atoms with E-state index >= 15 is 0 Å². The number of nitrogens with one attached hydrogen (secondary N) is 2. The fraction of sp³-hybridized carbons (Fsp3) is 0.321. The molecule has 230 valence electrons. The zero-order chi connectivity index (χ0) is 31.7. The van der Waals surface area contributed by atoms with Gasteiger partial charge in [0.15, 0.2) is 5.65 Å². The number of carboxylic acid groups (broad SMARTS) is 2. The van der Waals surface area contributed by atoms with Crippen LogP contribution in [0.15, 0.2) is 48.8 Å². The number of rotatable bonds is 5. The quantitative estimate of drug-likeness (QED) is 0.196. The van der Waals surface area contributed by atoms with Crippen LogP contribution in [0.25, 0.3) is 22.3 Å². The number of aromatic nitrogens is 4. The fourth-order valence-corrected chi connectivity index (χ4v) is 4.31. The molecule has 15 heteroatoms. The van der Waals surface area contributed by atoms with Crippen molar-refractivity contribution in [1.82, 2.24) is 25.1 Å². The summed E-state index contributed by atoms with van der Waals surface area (Å²) in [6, 6.07) is 10.0. The van der Waals surface area contributed by atoms with Crippen LogP contribution in [-0.4, -0.2) is 55.0 Å². The van der Waals surface area contributed by atoms with Crippen molar-refractivity contribution in [3.63, 3.8) is 0 Å². The van der Waals surface area contributed by atoms with Gasteiger partial charge >= 0.3 is 6.18 Å². The Morgan fingerprint density at radius 3 is 2.21 bits per heavy atom. The van der Waals surface area contributed by atoms with Gasteiger partial charge in [-0.3, -0.25) is 9.59 Å². The van der Waals surface area contributed by atoms with Gasteiger partial charge in [0, 0.05) is 37.2 Å². The summed E-state index contributed by atoms with van der Waals surface area (Å²) < 4.78 is 54.3. The SMILES string of the molecule is CC(=O)O.CC(=O)O.Nc1ncnc2c1c(-c1ccc(NCc3ccc(C(F)(F)F)cc3F)cc1)nn2C1CCNCC1. The maximum Gasteiger partial charge on any atom is 0.416 e. The van der Waals surface area contributed by atoms with Crippen LogP contribution in [0.4, 0.5) is 29.1 Å². The van der Waals surface area contributed by atoms with Crippen molar-refractivity contribution in [2.75, 3.05) is 24.1 Å². The van der Waals surface area contributed by atoms with Crippen molar-refractivity contribution < 1.29 is 37.4 Å².